The van der Waals surface area contributed by atoms with E-state index in [-0.39, 0.29) is 0 Å². The third-order valence-electron chi connectivity index (χ3n) is 3.41. The third kappa shape index (κ3) is 2.27. The molecule has 92 valence electrons. The van der Waals surface area contributed by atoms with Crippen LogP contribution in [0.1, 0.15) is 5.56 Å². The van der Waals surface area contributed by atoms with Crippen LogP contribution in [-0.2, 0) is 0 Å². The van der Waals surface area contributed by atoms with Crippen LogP contribution < -0.4 is 0 Å². The molecule has 0 aliphatic heterocycles. The normalized spacial score (nSPS) is 10.4. The summed E-state index contributed by atoms with van der Waals surface area (Å²) in [5.74, 6) is 0. The smallest absolute Gasteiger partial charge is 0.0273 e. The summed E-state index contributed by atoms with van der Waals surface area (Å²) in [6, 6.07) is 21.1. The Morgan fingerprint density at radius 1 is 0.632 bits per heavy atom. The highest BCUT2D eigenvalue weighted by Crippen LogP contribution is 2.31. The van der Waals surface area contributed by atoms with Crippen molar-refractivity contribution in [3.8, 4) is 22.3 Å². The summed E-state index contributed by atoms with van der Waals surface area (Å²) in [5.41, 5.74) is 6.33. The van der Waals surface area contributed by atoms with Crippen molar-refractivity contribution < 1.29 is 0 Å². The molecular weight excluding hydrogens is 230 g/mol. The Morgan fingerprint density at radius 2 is 1.21 bits per heavy atom. The van der Waals surface area contributed by atoms with Gasteiger partial charge < -0.3 is 0 Å². The predicted molar refractivity (Wildman–Crippen MR) is 79.8 cm³/mol. The average molecular weight is 245 g/mol. The zero-order valence-corrected chi connectivity index (χ0v) is 10.9. The summed E-state index contributed by atoms with van der Waals surface area (Å²) < 4.78 is 0. The molecule has 0 aliphatic rings. The molecule has 1 nitrogen and oxygen atoms in total. The molecule has 1 heteroatoms. The number of benzene rings is 2. The lowest BCUT2D eigenvalue weighted by molar-refractivity contribution is 1.32. The van der Waals surface area contributed by atoms with Gasteiger partial charge in [-0.1, -0.05) is 48.5 Å². The molecule has 0 N–H and O–H groups in total. The lowest BCUT2D eigenvalue weighted by atomic mass is 9.93. The van der Waals surface area contributed by atoms with Crippen LogP contribution >= 0.6 is 0 Å². The largest absolute Gasteiger partial charge is 0.265 e. The van der Waals surface area contributed by atoms with Crippen LogP contribution in [0.2, 0.25) is 0 Å². The topological polar surface area (TPSA) is 12.9 Å². The molecular formula is C18H15N. The van der Waals surface area contributed by atoms with E-state index in [4.69, 9.17) is 0 Å². The molecule has 0 radical (unpaired) electrons. The second-order valence-electron chi connectivity index (χ2n) is 4.58. The van der Waals surface area contributed by atoms with E-state index in [9.17, 15) is 0 Å². The SMILES string of the molecule is Cc1c(-c2ccccc2)cccc1-c1ccncc1. The fourth-order valence-corrected chi connectivity index (χ4v) is 2.41. The molecule has 0 saturated heterocycles. The van der Waals surface area contributed by atoms with Crippen LogP contribution in [0.3, 0.4) is 0 Å². The van der Waals surface area contributed by atoms with Gasteiger partial charge in [0, 0.05) is 12.4 Å². The fraction of sp³-hybridized carbons (Fsp3) is 0.0556. The summed E-state index contributed by atoms with van der Waals surface area (Å²) in [4.78, 5) is 4.08. The van der Waals surface area contributed by atoms with Gasteiger partial charge in [-0.2, -0.15) is 0 Å². The predicted octanol–water partition coefficient (Wildman–Crippen LogP) is 4.72. The van der Waals surface area contributed by atoms with E-state index in [1.54, 1.807) is 0 Å². The highest BCUT2D eigenvalue weighted by molar-refractivity contribution is 5.77. The van der Waals surface area contributed by atoms with E-state index in [1.807, 2.05) is 18.5 Å². The zero-order valence-electron chi connectivity index (χ0n) is 10.9. The third-order valence-corrected chi connectivity index (χ3v) is 3.41. The minimum absolute atomic E-state index is 1.21. The van der Waals surface area contributed by atoms with Crippen molar-refractivity contribution in [1.29, 1.82) is 0 Å². The van der Waals surface area contributed by atoms with E-state index < -0.39 is 0 Å². The molecule has 0 spiro atoms. The maximum absolute atomic E-state index is 4.08. The van der Waals surface area contributed by atoms with Crippen LogP contribution in [0, 0.1) is 6.92 Å². The molecule has 3 rings (SSSR count). The summed E-state index contributed by atoms with van der Waals surface area (Å²) in [6.45, 7) is 2.18. The Bertz CT molecular complexity index is 615. The maximum atomic E-state index is 4.08. The quantitative estimate of drug-likeness (QED) is 0.636. The van der Waals surface area contributed by atoms with Crippen LogP contribution in [-0.4, -0.2) is 4.98 Å². The first-order valence-corrected chi connectivity index (χ1v) is 6.42. The van der Waals surface area contributed by atoms with E-state index in [0.717, 1.165) is 0 Å². The van der Waals surface area contributed by atoms with Crippen molar-refractivity contribution in [2.75, 3.05) is 0 Å². The lowest BCUT2D eigenvalue weighted by Gasteiger charge is -2.11. The average Bonchev–Trinajstić information content (AvgIpc) is 2.49. The summed E-state index contributed by atoms with van der Waals surface area (Å²) >= 11 is 0. The Morgan fingerprint density at radius 3 is 1.84 bits per heavy atom. The van der Waals surface area contributed by atoms with Crippen molar-refractivity contribution in [2.24, 2.45) is 0 Å². The van der Waals surface area contributed by atoms with Gasteiger partial charge in [-0.05, 0) is 46.9 Å². The molecule has 2 aromatic carbocycles. The first kappa shape index (κ1) is 11.7. The molecule has 0 aliphatic carbocycles. The summed E-state index contributed by atoms with van der Waals surface area (Å²) in [6.07, 6.45) is 3.67. The highest BCUT2D eigenvalue weighted by Gasteiger charge is 2.07. The molecule has 0 fully saturated rings. The van der Waals surface area contributed by atoms with E-state index >= 15 is 0 Å². The number of aromatic nitrogens is 1. The number of hydrogen-bond acceptors (Lipinski definition) is 1. The molecule has 1 heterocycles. The fourth-order valence-electron chi connectivity index (χ4n) is 2.41. The van der Waals surface area contributed by atoms with Crippen LogP contribution in [0.15, 0.2) is 73.1 Å². The van der Waals surface area contributed by atoms with Crippen molar-refractivity contribution in [1.82, 2.24) is 4.98 Å². The molecule has 3 aromatic rings. The van der Waals surface area contributed by atoms with E-state index in [0.29, 0.717) is 0 Å². The first-order valence-electron chi connectivity index (χ1n) is 6.42. The van der Waals surface area contributed by atoms with Gasteiger partial charge in [0.25, 0.3) is 0 Å². The molecule has 0 saturated carbocycles. The molecule has 0 bridgehead atoms. The van der Waals surface area contributed by atoms with Crippen molar-refractivity contribution >= 4 is 0 Å². The van der Waals surface area contributed by atoms with Gasteiger partial charge >= 0.3 is 0 Å². The monoisotopic (exact) mass is 245 g/mol. The Labute approximate surface area is 113 Å². The molecule has 1 aromatic heterocycles. The maximum Gasteiger partial charge on any atom is 0.0273 e. The first-order chi connectivity index (χ1) is 9.36. The van der Waals surface area contributed by atoms with E-state index in [1.165, 1.54) is 27.8 Å². The summed E-state index contributed by atoms with van der Waals surface area (Å²) in [5, 5.41) is 0. The van der Waals surface area contributed by atoms with Crippen LogP contribution in [0.4, 0.5) is 0 Å². The van der Waals surface area contributed by atoms with Crippen molar-refractivity contribution in [3.63, 3.8) is 0 Å². The van der Waals surface area contributed by atoms with Gasteiger partial charge in [0.05, 0.1) is 0 Å². The van der Waals surface area contributed by atoms with Gasteiger partial charge in [0.1, 0.15) is 0 Å². The van der Waals surface area contributed by atoms with Gasteiger partial charge in [-0.25, -0.2) is 0 Å². The number of hydrogen-bond donors (Lipinski definition) is 0. The zero-order chi connectivity index (χ0) is 13.1. The standard InChI is InChI=1S/C18H15N/c1-14-17(15-6-3-2-4-7-15)8-5-9-18(14)16-10-12-19-13-11-16/h2-13H,1H3. The Hall–Kier alpha value is -2.41. The van der Waals surface area contributed by atoms with Crippen LogP contribution in [0.5, 0.6) is 0 Å². The van der Waals surface area contributed by atoms with Crippen LogP contribution in [0.25, 0.3) is 22.3 Å². The van der Waals surface area contributed by atoms with Gasteiger partial charge in [0.15, 0.2) is 0 Å². The van der Waals surface area contributed by atoms with Gasteiger partial charge in [-0.15, -0.1) is 0 Å². The molecule has 0 atom stereocenters. The number of rotatable bonds is 2. The second-order valence-corrected chi connectivity index (χ2v) is 4.58. The Balaban J connectivity index is 2.15. The van der Waals surface area contributed by atoms with Gasteiger partial charge in [-0.3, -0.25) is 4.98 Å². The molecule has 0 unspecified atom stereocenters. The lowest BCUT2D eigenvalue weighted by Crippen LogP contribution is -1.88. The minimum atomic E-state index is 1.21. The molecule has 0 amide bonds. The van der Waals surface area contributed by atoms with Crippen molar-refractivity contribution in [3.05, 3.63) is 78.6 Å². The number of pyridine rings is 1. The van der Waals surface area contributed by atoms with E-state index in [2.05, 4.69) is 66.5 Å². The van der Waals surface area contributed by atoms with Crippen molar-refractivity contribution in [2.45, 2.75) is 6.92 Å². The summed E-state index contributed by atoms with van der Waals surface area (Å²) in [7, 11) is 0. The highest BCUT2D eigenvalue weighted by atomic mass is 14.6. The molecule has 19 heavy (non-hydrogen) atoms. The Kier molecular flexibility index (Phi) is 3.11. The number of nitrogens with zero attached hydrogens (tertiary/aromatic N) is 1. The second kappa shape index (κ2) is 5.07. The minimum Gasteiger partial charge on any atom is -0.265 e. The van der Waals surface area contributed by atoms with Gasteiger partial charge in [0.2, 0.25) is 0 Å².